The summed E-state index contributed by atoms with van der Waals surface area (Å²) >= 11 is 5.92. The molecular formula is C15H11ClF3N3O. The van der Waals surface area contributed by atoms with E-state index in [0.717, 1.165) is 12.1 Å². The standard InChI is InChI=1S/C15H11ClF3N3O/c16-11-4-5-14(23)12(7-11)22-13(8-20-21-22)9-2-1-3-10(6-9)15(17,18)19/h1-7,13,23H,8H2. The normalized spacial score (nSPS) is 17.7. The lowest BCUT2D eigenvalue weighted by Gasteiger charge is -2.23. The van der Waals surface area contributed by atoms with Crippen molar-refractivity contribution in [2.45, 2.75) is 12.2 Å². The Morgan fingerprint density at radius 3 is 2.70 bits per heavy atom. The molecule has 0 bridgehead atoms. The molecule has 3 rings (SSSR count). The Hall–Kier alpha value is -2.28. The topological polar surface area (TPSA) is 48.2 Å². The van der Waals surface area contributed by atoms with Crippen LogP contribution in [0.1, 0.15) is 17.2 Å². The Morgan fingerprint density at radius 1 is 1.17 bits per heavy atom. The fourth-order valence-corrected chi connectivity index (χ4v) is 2.55. The summed E-state index contributed by atoms with van der Waals surface area (Å²) in [5.74, 6) is -0.0766. The minimum absolute atomic E-state index is 0.0766. The zero-order valence-electron chi connectivity index (χ0n) is 11.6. The summed E-state index contributed by atoms with van der Waals surface area (Å²) in [6, 6.07) is 8.84. The molecule has 1 aliphatic rings. The molecule has 0 spiro atoms. The van der Waals surface area contributed by atoms with E-state index >= 15 is 0 Å². The number of phenols is 1. The van der Waals surface area contributed by atoms with Gasteiger partial charge < -0.3 is 5.11 Å². The predicted molar refractivity (Wildman–Crippen MR) is 79.5 cm³/mol. The van der Waals surface area contributed by atoms with Gasteiger partial charge in [0.05, 0.1) is 12.1 Å². The zero-order valence-corrected chi connectivity index (χ0v) is 12.4. The van der Waals surface area contributed by atoms with E-state index in [1.54, 1.807) is 6.07 Å². The number of benzene rings is 2. The number of rotatable bonds is 2. The van der Waals surface area contributed by atoms with Crippen LogP contribution in [0.4, 0.5) is 18.9 Å². The number of hydrogen-bond donors (Lipinski definition) is 1. The summed E-state index contributed by atoms with van der Waals surface area (Å²) < 4.78 is 38.6. The van der Waals surface area contributed by atoms with Gasteiger partial charge in [0, 0.05) is 5.02 Å². The molecule has 0 radical (unpaired) electrons. The third-order valence-corrected chi connectivity index (χ3v) is 3.73. The predicted octanol–water partition coefficient (Wildman–Crippen LogP) is 4.99. The smallest absolute Gasteiger partial charge is 0.416 e. The molecule has 0 amide bonds. The van der Waals surface area contributed by atoms with Crippen LogP contribution in [0.3, 0.4) is 0 Å². The summed E-state index contributed by atoms with van der Waals surface area (Å²) in [5, 5.41) is 19.5. The van der Waals surface area contributed by atoms with Crippen LogP contribution in [0.2, 0.25) is 5.02 Å². The molecule has 2 aromatic carbocycles. The van der Waals surface area contributed by atoms with Crippen LogP contribution in [0.25, 0.3) is 0 Å². The Kier molecular flexibility index (Phi) is 3.89. The first-order valence-corrected chi connectivity index (χ1v) is 7.06. The van der Waals surface area contributed by atoms with Gasteiger partial charge in [0.15, 0.2) is 0 Å². The minimum atomic E-state index is -4.42. The number of phenolic OH excluding ortho intramolecular Hbond substituents is 1. The van der Waals surface area contributed by atoms with Crippen molar-refractivity contribution in [3.8, 4) is 5.75 Å². The van der Waals surface area contributed by atoms with Gasteiger partial charge in [-0.25, -0.2) is 5.01 Å². The molecule has 23 heavy (non-hydrogen) atoms. The van der Waals surface area contributed by atoms with Crippen LogP contribution in [-0.4, -0.2) is 11.7 Å². The van der Waals surface area contributed by atoms with Crippen LogP contribution in [0.15, 0.2) is 52.8 Å². The Morgan fingerprint density at radius 2 is 1.96 bits per heavy atom. The van der Waals surface area contributed by atoms with E-state index in [4.69, 9.17) is 11.6 Å². The quantitative estimate of drug-likeness (QED) is 0.836. The second kappa shape index (κ2) is 5.73. The van der Waals surface area contributed by atoms with E-state index in [1.807, 2.05) is 0 Å². The van der Waals surface area contributed by atoms with Crippen molar-refractivity contribution < 1.29 is 18.3 Å². The van der Waals surface area contributed by atoms with Crippen molar-refractivity contribution >= 4 is 17.3 Å². The van der Waals surface area contributed by atoms with E-state index in [9.17, 15) is 18.3 Å². The highest BCUT2D eigenvalue weighted by molar-refractivity contribution is 6.30. The molecule has 1 unspecified atom stereocenters. The molecular weight excluding hydrogens is 331 g/mol. The maximum Gasteiger partial charge on any atom is 0.416 e. The van der Waals surface area contributed by atoms with Crippen LogP contribution in [-0.2, 0) is 6.18 Å². The fourth-order valence-electron chi connectivity index (χ4n) is 2.39. The van der Waals surface area contributed by atoms with Crippen molar-refractivity contribution in [3.63, 3.8) is 0 Å². The second-order valence-electron chi connectivity index (χ2n) is 5.03. The lowest BCUT2D eigenvalue weighted by Crippen LogP contribution is -2.21. The number of halogens is 4. The van der Waals surface area contributed by atoms with Gasteiger partial charge in [0.25, 0.3) is 0 Å². The molecule has 120 valence electrons. The maximum absolute atomic E-state index is 12.9. The van der Waals surface area contributed by atoms with Gasteiger partial charge >= 0.3 is 6.18 Å². The van der Waals surface area contributed by atoms with Gasteiger partial charge in [-0.3, -0.25) is 0 Å². The van der Waals surface area contributed by atoms with Crippen LogP contribution < -0.4 is 5.01 Å². The molecule has 1 aliphatic heterocycles. The third-order valence-electron chi connectivity index (χ3n) is 3.49. The van der Waals surface area contributed by atoms with Crippen molar-refractivity contribution in [3.05, 3.63) is 58.6 Å². The Bertz CT molecular complexity index is 764. The first-order chi connectivity index (χ1) is 10.9. The zero-order chi connectivity index (χ0) is 16.6. The summed E-state index contributed by atoms with van der Waals surface area (Å²) in [6.07, 6.45) is -4.42. The summed E-state index contributed by atoms with van der Waals surface area (Å²) in [7, 11) is 0. The summed E-state index contributed by atoms with van der Waals surface area (Å²) in [6.45, 7) is 0.188. The molecule has 0 fully saturated rings. The minimum Gasteiger partial charge on any atom is -0.506 e. The van der Waals surface area contributed by atoms with Gasteiger partial charge in [0.1, 0.15) is 17.5 Å². The molecule has 1 N–H and O–H groups in total. The molecule has 1 heterocycles. The van der Waals surface area contributed by atoms with E-state index in [2.05, 4.69) is 10.3 Å². The molecule has 1 atom stereocenters. The number of hydrogen-bond acceptors (Lipinski definition) is 4. The van der Waals surface area contributed by atoms with E-state index in [1.165, 1.54) is 29.3 Å². The molecule has 8 heteroatoms. The van der Waals surface area contributed by atoms with Crippen LogP contribution in [0.5, 0.6) is 5.75 Å². The lowest BCUT2D eigenvalue weighted by molar-refractivity contribution is -0.137. The van der Waals surface area contributed by atoms with E-state index in [0.29, 0.717) is 16.3 Å². The molecule has 0 saturated carbocycles. The van der Waals surface area contributed by atoms with E-state index < -0.39 is 17.8 Å². The average molecular weight is 342 g/mol. The van der Waals surface area contributed by atoms with Gasteiger partial charge in [-0.2, -0.15) is 18.3 Å². The van der Waals surface area contributed by atoms with Gasteiger partial charge in [-0.15, -0.1) is 0 Å². The van der Waals surface area contributed by atoms with Crippen molar-refractivity contribution in [1.29, 1.82) is 0 Å². The third kappa shape index (κ3) is 3.10. The van der Waals surface area contributed by atoms with Gasteiger partial charge in [-0.05, 0) is 35.9 Å². The molecule has 0 saturated heterocycles. The molecule has 2 aromatic rings. The summed E-state index contributed by atoms with van der Waals surface area (Å²) in [4.78, 5) is 0. The number of alkyl halides is 3. The first-order valence-electron chi connectivity index (χ1n) is 6.68. The maximum atomic E-state index is 12.9. The number of aromatic hydroxyl groups is 1. The molecule has 4 nitrogen and oxygen atoms in total. The number of anilines is 1. The lowest BCUT2D eigenvalue weighted by atomic mass is 10.0. The largest absolute Gasteiger partial charge is 0.506 e. The summed E-state index contributed by atoms with van der Waals surface area (Å²) in [5.41, 5.74) is -0.0393. The SMILES string of the molecule is Oc1ccc(Cl)cc1N1N=NCC1c1cccc(C(F)(F)F)c1. The highest BCUT2D eigenvalue weighted by atomic mass is 35.5. The highest BCUT2D eigenvalue weighted by Gasteiger charge is 2.33. The molecule has 0 aliphatic carbocycles. The van der Waals surface area contributed by atoms with Crippen LogP contribution in [0, 0.1) is 0 Å². The number of nitrogens with zero attached hydrogens (tertiary/aromatic N) is 3. The van der Waals surface area contributed by atoms with Gasteiger partial charge in [-0.1, -0.05) is 29.0 Å². The van der Waals surface area contributed by atoms with Crippen molar-refractivity contribution in [2.24, 2.45) is 10.3 Å². The van der Waals surface area contributed by atoms with E-state index in [-0.39, 0.29) is 12.3 Å². The van der Waals surface area contributed by atoms with Crippen LogP contribution >= 0.6 is 11.6 Å². The van der Waals surface area contributed by atoms with Crippen molar-refractivity contribution in [2.75, 3.05) is 11.6 Å². The van der Waals surface area contributed by atoms with Crippen molar-refractivity contribution in [1.82, 2.24) is 0 Å². The Labute approximate surface area is 134 Å². The fraction of sp³-hybridized carbons (Fsp3) is 0.200. The highest BCUT2D eigenvalue weighted by Crippen LogP contribution is 2.40. The second-order valence-corrected chi connectivity index (χ2v) is 5.47. The first kappa shape index (κ1) is 15.6. The monoisotopic (exact) mass is 341 g/mol. The average Bonchev–Trinajstić information content (AvgIpc) is 2.98. The molecule has 0 aromatic heterocycles. The Balaban J connectivity index is 1.99. The van der Waals surface area contributed by atoms with Gasteiger partial charge in [0.2, 0.25) is 0 Å².